The summed E-state index contributed by atoms with van der Waals surface area (Å²) < 4.78 is 18.7. The molecule has 32 heavy (non-hydrogen) atoms. The van der Waals surface area contributed by atoms with Crippen molar-refractivity contribution in [2.75, 3.05) is 5.32 Å². The van der Waals surface area contributed by atoms with E-state index in [1.54, 1.807) is 37.0 Å². The van der Waals surface area contributed by atoms with Crippen LogP contribution in [0.4, 0.5) is 10.1 Å². The van der Waals surface area contributed by atoms with Crippen molar-refractivity contribution in [1.29, 1.82) is 0 Å². The number of hydrogen-bond donors (Lipinski definition) is 1. The van der Waals surface area contributed by atoms with Crippen LogP contribution in [-0.2, 0) is 17.0 Å². The summed E-state index contributed by atoms with van der Waals surface area (Å²) in [5.41, 5.74) is 3.01. The molecule has 2 aromatic heterocycles. The van der Waals surface area contributed by atoms with Gasteiger partial charge in [0.15, 0.2) is 0 Å². The number of carbonyl (C=O) groups excluding carboxylic acids is 1. The van der Waals surface area contributed by atoms with Crippen molar-refractivity contribution in [1.82, 2.24) is 15.1 Å². The lowest BCUT2D eigenvalue weighted by Gasteiger charge is -2.07. The third-order valence-corrected chi connectivity index (χ3v) is 5.70. The van der Waals surface area contributed by atoms with Crippen LogP contribution in [0.5, 0.6) is 0 Å². The zero-order chi connectivity index (χ0) is 22.3. The summed E-state index contributed by atoms with van der Waals surface area (Å²) in [5, 5.41) is 7.79. The second-order valence-electron chi connectivity index (χ2n) is 7.18. The molecule has 0 fully saturated rings. The number of halogens is 1. The zero-order valence-electron chi connectivity index (χ0n) is 17.4. The first-order chi connectivity index (χ1) is 15.6. The first-order valence-corrected chi connectivity index (χ1v) is 11.1. The number of amides is 1. The van der Waals surface area contributed by atoms with Gasteiger partial charge in [-0.1, -0.05) is 23.4 Å². The zero-order valence-corrected chi connectivity index (χ0v) is 18.2. The molecule has 0 radical (unpaired) electrons. The van der Waals surface area contributed by atoms with E-state index < -0.39 is 0 Å². The van der Waals surface area contributed by atoms with Crippen LogP contribution in [-0.4, -0.2) is 21.0 Å². The van der Waals surface area contributed by atoms with Crippen molar-refractivity contribution in [3.05, 3.63) is 89.7 Å². The maximum Gasteiger partial charge on any atom is 0.227 e. The Bertz CT molecular complexity index is 1210. The Kier molecular flexibility index (Phi) is 6.91. The summed E-state index contributed by atoms with van der Waals surface area (Å²) in [6, 6.07) is 18.2. The molecule has 0 bridgehead atoms. The van der Waals surface area contributed by atoms with Crippen molar-refractivity contribution >= 4 is 23.4 Å². The van der Waals surface area contributed by atoms with Gasteiger partial charge in [-0.2, -0.15) is 4.98 Å². The average molecular weight is 449 g/mol. The molecule has 2 heterocycles. The van der Waals surface area contributed by atoms with Crippen molar-refractivity contribution in [2.45, 2.75) is 30.5 Å². The molecule has 8 heteroatoms. The molecule has 0 aliphatic carbocycles. The van der Waals surface area contributed by atoms with Crippen molar-refractivity contribution in [2.24, 2.45) is 0 Å². The molecular formula is C24H21FN4O2S. The van der Waals surface area contributed by atoms with Crippen LogP contribution >= 0.6 is 11.8 Å². The average Bonchev–Trinajstić information content (AvgIpc) is 3.28. The van der Waals surface area contributed by atoms with Gasteiger partial charge in [0.1, 0.15) is 5.82 Å². The molecule has 4 aromatic rings. The molecule has 0 saturated heterocycles. The van der Waals surface area contributed by atoms with Crippen molar-refractivity contribution in [3.63, 3.8) is 0 Å². The number of thioether (sulfide) groups is 1. The summed E-state index contributed by atoms with van der Waals surface area (Å²) >= 11 is 1.64. The van der Waals surface area contributed by atoms with Crippen LogP contribution in [0.15, 0.2) is 76.4 Å². The summed E-state index contributed by atoms with van der Waals surface area (Å²) in [4.78, 5) is 21.0. The molecule has 1 amide bonds. The number of carbonyl (C=O) groups is 1. The van der Waals surface area contributed by atoms with Crippen LogP contribution < -0.4 is 5.32 Å². The number of pyridine rings is 1. The highest BCUT2D eigenvalue weighted by Gasteiger charge is 2.12. The summed E-state index contributed by atoms with van der Waals surface area (Å²) in [5.74, 6) is 1.07. The fraction of sp³-hybridized carbons (Fsp3) is 0.167. The molecule has 1 N–H and O–H groups in total. The second-order valence-corrected chi connectivity index (χ2v) is 8.18. The Hall–Kier alpha value is -3.52. The molecule has 0 unspecified atom stereocenters. The third kappa shape index (κ3) is 5.79. The summed E-state index contributed by atoms with van der Waals surface area (Å²) in [7, 11) is 0. The SMILES string of the molecule is Cc1cc(-c2noc(CCC(=O)Nc3cccc(CSc4ccccn4)c3)n2)ccc1F. The molecule has 0 atom stereocenters. The normalized spacial score (nSPS) is 10.8. The number of nitrogens with zero attached hydrogens (tertiary/aromatic N) is 3. The largest absolute Gasteiger partial charge is 0.339 e. The van der Waals surface area contributed by atoms with E-state index in [9.17, 15) is 9.18 Å². The van der Waals surface area contributed by atoms with Crippen molar-refractivity contribution in [3.8, 4) is 11.4 Å². The quantitative estimate of drug-likeness (QED) is 0.361. The molecule has 6 nitrogen and oxygen atoms in total. The van der Waals surface area contributed by atoms with Gasteiger partial charge in [-0.25, -0.2) is 9.37 Å². The van der Waals surface area contributed by atoms with E-state index in [1.165, 1.54) is 6.07 Å². The molecule has 4 rings (SSSR count). The smallest absolute Gasteiger partial charge is 0.227 e. The third-order valence-electron chi connectivity index (χ3n) is 4.69. The molecule has 0 saturated carbocycles. The van der Waals surface area contributed by atoms with Gasteiger partial charge >= 0.3 is 0 Å². The minimum absolute atomic E-state index is 0.142. The van der Waals surface area contributed by atoms with E-state index >= 15 is 0 Å². The van der Waals surface area contributed by atoms with E-state index in [-0.39, 0.29) is 18.1 Å². The summed E-state index contributed by atoms with van der Waals surface area (Å²) in [6.07, 6.45) is 2.29. The van der Waals surface area contributed by atoms with Crippen LogP contribution in [0.1, 0.15) is 23.4 Å². The molecular weight excluding hydrogens is 427 g/mol. The lowest BCUT2D eigenvalue weighted by molar-refractivity contribution is -0.116. The highest BCUT2D eigenvalue weighted by atomic mass is 32.2. The number of rotatable bonds is 8. The number of aryl methyl sites for hydroxylation is 2. The van der Waals surface area contributed by atoms with Gasteiger partial charge in [-0.15, -0.1) is 11.8 Å². The van der Waals surface area contributed by atoms with Gasteiger partial charge in [0.25, 0.3) is 0 Å². The Labute approximate surface area is 189 Å². The van der Waals surface area contributed by atoms with E-state index in [0.717, 1.165) is 22.0 Å². The Morgan fingerprint density at radius 1 is 1.12 bits per heavy atom. The second kappa shape index (κ2) is 10.2. The molecule has 2 aromatic carbocycles. The topological polar surface area (TPSA) is 80.9 Å². The van der Waals surface area contributed by atoms with Crippen LogP contribution in [0.25, 0.3) is 11.4 Å². The predicted octanol–water partition coefficient (Wildman–Crippen LogP) is 5.44. The number of anilines is 1. The first-order valence-electron chi connectivity index (χ1n) is 10.1. The summed E-state index contributed by atoms with van der Waals surface area (Å²) in [6.45, 7) is 1.68. The standard InChI is InChI=1S/C24H21FN4O2S/c1-16-13-18(8-9-20(16)25)24-28-22(31-29-24)11-10-21(30)27-19-6-4-5-17(14-19)15-32-23-7-2-3-12-26-23/h2-9,12-14H,10-11,15H2,1H3,(H,27,30). The molecule has 0 aliphatic heterocycles. The first kappa shape index (κ1) is 21.7. The monoisotopic (exact) mass is 448 g/mol. The molecule has 0 spiro atoms. The van der Waals surface area contributed by atoms with Gasteiger partial charge in [-0.05, 0) is 60.5 Å². The Balaban J connectivity index is 1.30. The minimum Gasteiger partial charge on any atom is -0.339 e. The van der Waals surface area contributed by atoms with E-state index in [0.29, 0.717) is 29.3 Å². The van der Waals surface area contributed by atoms with Crippen LogP contribution in [0.2, 0.25) is 0 Å². The minimum atomic E-state index is -0.284. The fourth-order valence-electron chi connectivity index (χ4n) is 3.03. The van der Waals surface area contributed by atoms with E-state index in [1.807, 2.05) is 42.5 Å². The van der Waals surface area contributed by atoms with Gasteiger partial charge < -0.3 is 9.84 Å². The highest BCUT2D eigenvalue weighted by molar-refractivity contribution is 7.98. The van der Waals surface area contributed by atoms with Gasteiger partial charge in [0.05, 0.1) is 5.03 Å². The van der Waals surface area contributed by atoms with Gasteiger partial charge in [0, 0.05) is 36.0 Å². The van der Waals surface area contributed by atoms with E-state index in [4.69, 9.17) is 4.52 Å². The lowest BCUT2D eigenvalue weighted by Crippen LogP contribution is -2.12. The van der Waals surface area contributed by atoms with Crippen LogP contribution in [0.3, 0.4) is 0 Å². The Morgan fingerprint density at radius 2 is 2.03 bits per heavy atom. The highest BCUT2D eigenvalue weighted by Crippen LogP contribution is 2.22. The van der Waals surface area contributed by atoms with Crippen molar-refractivity contribution < 1.29 is 13.7 Å². The number of aromatic nitrogens is 3. The number of benzene rings is 2. The lowest BCUT2D eigenvalue weighted by atomic mass is 10.1. The van der Waals surface area contributed by atoms with Gasteiger partial charge in [-0.3, -0.25) is 4.79 Å². The fourth-order valence-corrected chi connectivity index (χ4v) is 3.83. The maximum absolute atomic E-state index is 13.4. The maximum atomic E-state index is 13.4. The van der Waals surface area contributed by atoms with E-state index in [2.05, 4.69) is 20.4 Å². The molecule has 0 aliphatic rings. The Morgan fingerprint density at radius 3 is 2.84 bits per heavy atom. The number of nitrogens with one attached hydrogen (secondary N) is 1. The van der Waals surface area contributed by atoms with Gasteiger partial charge in [0.2, 0.25) is 17.6 Å². The molecule has 162 valence electrons. The number of hydrogen-bond acceptors (Lipinski definition) is 6. The van der Waals surface area contributed by atoms with Crippen LogP contribution in [0, 0.1) is 12.7 Å². The predicted molar refractivity (Wildman–Crippen MR) is 122 cm³/mol.